The monoisotopic (exact) mass is 248 g/mol. The molecule has 0 rings (SSSR count). The molecule has 94 valence electrons. The number of carbonyl (C=O) groups excluding carboxylic acids is 1. The minimum Gasteiger partial charge on any atom is -0.481 e. The largest absolute Gasteiger partial charge is 0.481 e. The number of rotatable bonds is 6. The molecule has 0 aliphatic rings. The first-order chi connectivity index (χ1) is 7.28. The normalized spacial score (nSPS) is 11.0. The number of nitrogens with one attached hydrogen (secondary N) is 1. The summed E-state index contributed by atoms with van der Waals surface area (Å²) in [6, 6.07) is -0.233. The molecule has 0 unspecified atom stereocenters. The number of carboxylic acids is 1. The topological polar surface area (TPSA) is 69.6 Å². The molecule has 0 atom stereocenters. The average molecular weight is 248 g/mol. The predicted molar refractivity (Wildman–Crippen MR) is 65.9 cm³/mol. The summed E-state index contributed by atoms with van der Waals surface area (Å²) in [7, 11) is 1.59. The summed E-state index contributed by atoms with van der Waals surface area (Å²) in [5.41, 5.74) is 0. The number of amides is 2. The fourth-order valence-electron chi connectivity index (χ4n) is 0.860. The van der Waals surface area contributed by atoms with Crippen LogP contribution in [0.4, 0.5) is 4.79 Å². The number of hydrogen-bond donors (Lipinski definition) is 2. The summed E-state index contributed by atoms with van der Waals surface area (Å²) >= 11 is 1.67. The molecule has 0 aromatic rings. The second-order valence-electron chi connectivity index (χ2n) is 4.19. The van der Waals surface area contributed by atoms with Crippen LogP contribution in [0.3, 0.4) is 0 Å². The van der Waals surface area contributed by atoms with E-state index in [1.807, 2.05) is 20.1 Å². The summed E-state index contributed by atoms with van der Waals surface area (Å²) < 4.78 is -0.0106. The highest BCUT2D eigenvalue weighted by atomic mass is 32.2. The number of urea groups is 1. The number of aliphatic carboxylic acids is 1. The van der Waals surface area contributed by atoms with Crippen molar-refractivity contribution in [2.75, 3.05) is 26.4 Å². The molecular weight excluding hydrogens is 228 g/mol. The number of thioether (sulfide) groups is 1. The fourth-order valence-corrected chi connectivity index (χ4v) is 1.08. The second kappa shape index (κ2) is 6.62. The first kappa shape index (κ1) is 15.1. The van der Waals surface area contributed by atoms with Gasteiger partial charge in [-0.3, -0.25) is 4.79 Å². The second-order valence-corrected chi connectivity index (χ2v) is 5.70. The van der Waals surface area contributed by atoms with Gasteiger partial charge in [0.1, 0.15) is 0 Å². The molecule has 0 radical (unpaired) electrons. The zero-order valence-corrected chi connectivity index (χ0v) is 11.1. The molecule has 16 heavy (non-hydrogen) atoms. The molecule has 0 aromatic carbocycles. The zero-order valence-electron chi connectivity index (χ0n) is 10.2. The predicted octanol–water partition coefficient (Wildman–Crippen LogP) is 1.24. The first-order valence-corrected chi connectivity index (χ1v) is 6.27. The van der Waals surface area contributed by atoms with Crippen LogP contribution in [0.5, 0.6) is 0 Å². The summed E-state index contributed by atoms with van der Waals surface area (Å²) in [6.45, 7) is 4.86. The van der Waals surface area contributed by atoms with Crippen LogP contribution in [0.2, 0.25) is 0 Å². The zero-order chi connectivity index (χ0) is 12.8. The van der Waals surface area contributed by atoms with Gasteiger partial charge in [0.05, 0.1) is 6.42 Å². The Labute approximate surface area is 101 Å². The smallest absolute Gasteiger partial charge is 0.317 e. The molecule has 0 aromatic heterocycles. The minimum atomic E-state index is -0.899. The van der Waals surface area contributed by atoms with Gasteiger partial charge < -0.3 is 15.3 Å². The number of nitrogens with zero attached hydrogens (tertiary/aromatic N) is 1. The molecule has 0 saturated heterocycles. The van der Waals surface area contributed by atoms with Gasteiger partial charge in [-0.25, -0.2) is 4.79 Å². The van der Waals surface area contributed by atoms with Crippen LogP contribution in [0.25, 0.3) is 0 Å². The van der Waals surface area contributed by atoms with Gasteiger partial charge in [0.15, 0.2) is 0 Å². The molecule has 0 aliphatic heterocycles. The van der Waals surface area contributed by atoms with Gasteiger partial charge in [-0.1, -0.05) is 0 Å². The third-order valence-electron chi connectivity index (χ3n) is 2.23. The van der Waals surface area contributed by atoms with Crippen molar-refractivity contribution >= 4 is 23.8 Å². The van der Waals surface area contributed by atoms with Crippen molar-refractivity contribution in [1.82, 2.24) is 10.2 Å². The van der Waals surface area contributed by atoms with Crippen LogP contribution in [0.1, 0.15) is 20.3 Å². The summed E-state index contributed by atoms with van der Waals surface area (Å²) in [6.07, 6.45) is 1.95. The quantitative estimate of drug-likeness (QED) is 0.742. The molecule has 0 heterocycles. The maximum absolute atomic E-state index is 11.5. The van der Waals surface area contributed by atoms with Crippen molar-refractivity contribution in [3.05, 3.63) is 0 Å². The molecule has 0 saturated carbocycles. The molecule has 2 amide bonds. The molecule has 0 spiro atoms. The summed E-state index contributed by atoms with van der Waals surface area (Å²) in [5.74, 6) is -0.899. The third kappa shape index (κ3) is 6.55. The van der Waals surface area contributed by atoms with Gasteiger partial charge in [-0.15, -0.1) is 0 Å². The standard InChI is InChI=1S/C10H20N2O3S/c1-10(2,16-4)7-11-9(15)12(3)6-5-8(13)14/h5-7H2,1-4H3,(H,11,15)(H,13,14). The average Bonchev–Trinajstić information content (AvgIpc) is 2.22. The lowest BCUT2D eigenvalue weighted by Crippen LogP contribution is -2.43. The van der Waals surface area contributed by atoms with Crippen molar-refractivity contribution in [3.8, 4) is 0 Å². The van der Waals surface area contributed by atoms with Gasteiger partial charge in [-0.2, -0.15) is 11.8 Å². The van der Waals surface area contributed by atoms with E-state index in [-0.39, 0.29) is 23.7 Å². The van der Waals surface area contributed by atoms with E-state index in [9.17, 15) is 9.59 Å². The molecular formula is C10H20N2O3S. The van der Waals surface area contributed by atoms with Crippen LogP contribution in [-0.2, 0) is 4.79 Å². The van der Waals surface area contributed by atoms with E-state index >= 15 is 0 Å². The third-order valence-corrected chi connectivity index (χ3v) is 3.48. The van der Waals surface area contributed by atoms with Crippen LogP contribution >= 0.6 is 11.8 Å². The van der Waals surface area contributed by atoms with Crippen LogP contribution in [0.15, 0.2) is 0 Å². The van der Waals surface area contributed by atoms with Crippen molar-refractivity contribution in [3.63, 3.8) is 0 Å². The van der Waals surface area contributed by atoms with Gasteiger partial charge in [0.2, 0.25) is 0 Å². The molecule has 5 nitrogen and oxygen atoms in total. The van der Waals surface area contributed by atoms with Crippen molar-refractivity contribution in [1.29, 1.82) is 0 Å². The molecule has 0 aliphatic carbocycles. The van der Waals surface area contributed by atoms with E-state index < -0.39 is 5.97 Å². The molecule has 2 N–H and O–H groups in total. The lowest BCUT2D eigenvalue weighted by atomic mass is 10.2. The SMILES string of the molecule is CSC(C)(C)CNC(=O)N(C)CCC(=O)O. The highest BCUT2D eigenvalue weighted by Gasteiger charge is 2.18. The molecule has 6 heteroatoms. The number of carboxylic acid groups (broad SMARTS) is 1. The van der Waals surface area contributed by atoms with Crippen LogP contribution in [-0.4, -0.2) is 53.1 Å². The Morgan fingerprint density at radius 1 is 1.44 bits per heavy atom. The first-order valence-electron chi connectivity index (χ1n) is 5.04. The van der Waals surface area contributed by atoms with Gasteiger partial charge >= 0.3 is 12.0 Å². The molecule has 0 fully saturated rings. The van der Waals surface area contributed by atoms with E-state index in [1.54, 1.807) is 18.8 Å². The Balaban J connectivity index is 3.92. The van der Waals surface area contributed by atoms with Crippen LogP contribution in [0, 0.1) is 0 Å². The highest BCUT2D eigenvalue weighted by molar-refractivity contribution is 7.99. The van der Waals surface area contributed by atoms with E-state index in [1.165, 1.54) is 4.90 Å². The lowest BCUT2D eigenvalue weighted by molar-refractivity contribution is -0.137. The van der Waals surface area contributed by atoms with E-state index in [4.69, 9.17) is 5.11 Å². The highest BCUT2D eigenvalue weighted by Crippen LogP contribution is 2.19. The van der Waals surface area contributed by atoms with Crippen LogP contribution < -0.4 is 5.32 Å². The lowest BCUT2D eigenvalue weighted by Gasteiger charge is -2.24. The number of hydrogen-bond acceptors (Lipinski definition) is 3. The Hall–Kier alpha value is -0.910. The van der Waals surface area contributed by atoms with E-state index in [0.717, 1.165) is 0 Å². The Bertz CT molecular complexity index is 256. The maximum Gasteiger partial charge on any atom is 0.317 e. The maximum atomic E-state index is 11.5. The van der Waals surface area contributed by atoms with Crippen molar-refractivity contribution in [2.45, 2.75) is 25.0 Å². The van der Waals surface area contributed by atoms with E-state index in [2.05, 4.69) is 5.32 Å². The fraction of sp³-hybridized carbons (Fsp3) is 0.800. The van der Waals surface area contributed by atoms with Gasteiger partial charge in [-0.05, 0) is 20.1 Å². The van der Waals surface area contributed by atoms with Crippen molar-refractivity contribution in [2.24, 2.45) is 0 Å². The van der Waals surface area contributed by atoms with Crippen molar-refractivity contribution < 1.29 is 14.7 Å². The minimum absolute atomic E-state index is 0.0106. The Kier molecular flexibility index (Phi) is 6.25. The Morgan fingerprint density at radius 2 is 2.00 bits per heavy atom. The number of carbonyl (C=O) groups is 2. The Morgan fingerprint density at radius 3 is 2.44 bits per heavy atom. The van der Waals surface area contributed by atoms with E-state index in [0.29, 0.717) is 6.54 Å². The summed E-state index contributed by atoms with van der Waals surface area (Å²) in [4.78, 5) is 23.2. The summed E-state index contributed by atoms with van der Waals surface area (Å²) in [5, 5.41) is 11.3. The van der Waals surface area contributed by atoms with Gasteiger partial charge in [0, 0.05) is 24.9 Å². The van der Waals surface area contributed by atoms with Gasteiger partial charge in [0.25, 0.3) is 0 Å². The molecule has 0 bridgehead atoms.